The maximum Gasteiger partial charge on any atom is 0.132 e. The van der Waals surface area contributed by atoms with Gasteiger partial charge in [-0.3, -0.25) is 0 Å². The predicted molar refractivity (Wildman–Crippen MR) is 86.7 cm³/mol. The highest BCUT2D eigenvalue weighted by Gasteiger charge is 2.15. The summed E-state index contributed by atoms with van der Waals surface area (Å²) in [6.45, 7) is 0.451. The first-order valence-corrected chi connectivity index (χ1v) is 7.51. The van der Waals surface area contributed by atoms with Crippen LogP contribution in [0, 0.1) is 30.2 Å². The first-order chi connectivity index (χ1) is 11.9. The molecule has 0 fully saturated rings. The van der Waals surface area contributed by atoms with Gasteiger partial charge in [0.05, 0.1) is 5.56 Å². The molecule has 0 atom stereocenters. The van der Waals surface area contributed by atoms with E-state index in [1.165, 1.54) is 24.3 Å². The Morgan fingerprint density at radius 1 is 0.640 bits per heavy atom. The van der Waals surface area contributed by atoms with Crippen LogP contribution in [-0.4, -0.2) is 0 Å². The van der Waals surface area contributed by atoms with E-state index in [4.69, 9.17) is 0 Å². The standard InChI is InChI=1S/C20H13F5/c1-11-2-4-14(17(22)6-11)12-3-5-15(18(23)7-12)13-8-19(24)16(10-21)20(25)9-13/h2-9H,10H2,1H3. The summed E-state index contributed by atoms with van der Waals surface area (Å²) in [6.07, 6.45) is 0. The van der Waals surface area contributed by atoms with Gasteiger partial charge in [-0.2, -0.15) is 0 Å². The lowest BCUT2D eigenvalue weighted by Gasteiger charge is -2.10. The highest BCUT2D eigenvalue weighted by Crippen LogP contribution is 2.31. The molecule has 0 radical (unpaired) electrons. The SMILES string of the molecule is Cc1ccc(-c2ccc(-c3cc(F)c(CF)c(F)c3)c(F)c2)c(F)c1. The summed E-state index contributed by atoms with van der Waals surface area (Å²) >= 11 is 0. The van der Waals surface area contributed by atoms with Crippen molar-refractivity contribution in [3.8, 4) is 22.3 Å². The van der Waals surface area contributed by atoms with Crippen LogP contribution in [0.5, 0.6) is 0 Å². The average molecular weight is 348 g/mol. The van der Waals surface area contributed by atoms with Crippen LogP contribution in [0.3, 0.4) is 0 Å². The van der Waals surface area contributed by atoms with E-state index in [1.807, 2.05) is 0 Å². The summed E-state index contributed by atoms with van der Waals surface area (Å²) in [7, 11) is 0. The van der Waals surface area contributed by atoms with Crippen LogP contribution in [0.1, 0.15) is 11.1 Å². The molecule has 0 aliphatic rings. The van der Waals surface area contributed by atoms with Gasteiger partial charge < -0.3 is 0 Å². The van der Waals surface area contributed by atoms with Crippen LogP contribution in [0.15, 0.2) is 48.5 Å². The second-order valence-corrected chi connectivity index (χ2v) is 5.73. The van der Waals surface area contributed by atoms with Gasteiger partial charge in [-0.15, -0.1) is 0 Å². The largest absolute Gasteiger partial charge is 0.246 e. The van der Waals surface area contributed by atoms with Gasteiger partial charge in [0.2, 0.25) is 0 Å². The molecule has 3 rings (SSSR count). The van der Waals surface area contributed by atoms with Gasteiger partial charge in [-0.1, -0.05) is 24.3 Å². The third-order valence-corrected chi connectivity index (χ3v) is 3.99. The second kappa shape index (κ2) is 6.67. The molecule has 0 N–H and O–H groups in total. The Morgan fingerprint density at radius 2 is 1.16 bits per heavy atom. The normalized spacial score (nSPS) is 11.0. The monoisotopic (exact) mass is 348 g/mol. The summed E-state index contributed by atoms with van der Waals surface area (Å²) in [6, 6.07) is 10.2. The van der Waals surface area contributed by atoms with Gasteiger partial charge in [0.1, 0.15) is 29.9 Å². The number of hydrogen-bond acceptors (Lipinski definition) is 0. The lowest BCUT2D eigenvalue weighted by Crippen LogP contribution is -1.96. The molecule has 0 aromatic heterocycles. The average Bonchev–Trinajstić information content (AvgIpc) is 2.54. The molecule has 0 aliphatic carbocycles. The van der Waals surface area contributed by atoms with Crippen LogP contribution < -0.4 is 0 Å². The minimum absolute atomic E-state index is 0.0550. The van der Waals surface area contributed by atoms with Gasteiger partial charge in [-0.05, 0) is 47.9 Å². The van der Waals surface area contributed by atoms with Crippen molar-refractivity contribution in [2.45, 2.75) is 13.6 Å². The molecule has 0 unspecified atom stereocenters. The van der Waals surface area contributed by atoms with E-state index in [2.05, 4.69) is 0 Å². The number of rotatable bonds is 3. The first kappa shape index (κ1) is 17.1. The van der Waals surface area contributed by atoms with Crippen LogP contribution in [-0.2, 0) is 6.67 Å². The van der Waals surface area contributed by atoms with Crippen LogP contribution >= 0.6 is 0 Å². The summed E-state index contributed by atoms with van der Waals surface area (Å²) in [5.74, 6) is -3.41. The Bertz CT molecular complexity index is 924. The molecule has 0 saturated carbocycles. The Kier molecular flexibility index (Phi) is 4.57. The van der Waals surface area contributed by atoms with Gasteiger partial charge in [-0.25, -0.2) is 22.0 Å². The van der Waals surface area contributed by atoms with Gasteiger partial charge >= 0.3 is 0 Å². The summed E-state index contributed by atoms with van der Waals surface area (Å²) in [5, 5.41) is 0. The Morgan fingerprint density at radius 3 is 1.72 bits per heavy atom. The van der Waals surface area contributed by atoms with Crippen LogP contribution in [0.25, 0.3) is 22.3 Å². The molecule has 5 heteroatoms. The Hall–Kier alpha value is -2.69. The fourth-order valence-corrected chi connectivity index (χ4v) is 2.66. The number of halogens is 5. The van der Waals surface area contributed by atoms with E-state index in [0.29, 0.717) is 5.56 Å². The number of alkyl halides is 1. The predicted octanol–water partition coefficient (Wildman–Crippen LogP) is 6.35. The number of aryl methyl sites for hydroxylation is 1. The van der Waals surface area contributed by atoms with Crippen molar-refractivity contribution in [3.63, 3.8) is 0 Å². The quantitative estimate of drug-likeness (QED) is 0.484. The zero-order valence-corrected chi connectivity index (χ0v) is 13.2. The molecule has 0 heterocycles. The van der Waals surface area contributed by atoms with E-state index >= 15 is 0 Å². The molecule has 0 saturated heterocycles. The summed E-state index contributed by atoms with van der Waals surface area (Å²) < 4.78 is 68.5. The van der Waals surface area contributed by atoms with Gasteiger partial charge in [0.25, 0.3) is 0 Å². The van der Waals surface area contributed by atoms with Crippen molar-refractivity contribution in [1.82, 2.24) is 0 Å². The van der Waals surface area contributed by atoms with Crippen molar-refractivity contribution in [2.75, 3.05) is 0 Å². The molecule has 0 amide bonds. The minimum Gasteiger partial charge on any atom is -0.246 e. The summed E-state index contributed by atoms with van der Waals surface area (Å²) in [4.78, 5) is 0. The lowest BCUT2D eigenvalue weighted by molar-refractivity contribution is 0.440. The lowest BCUT2D eigenvalue weighted by atomic mass is 9.98. The molecule has 3 aromatic rings. The van der Waals surface area contributed by atoms with E-state index in [0.717, 1.165) is 23.8 Å². The van der Waals surface area contributed by atoms with E-state index in [-0.39, 0.29) is 16.7 Å². The fourth-order valence-electron chi connectivity index (χ4n) is 2.66. The van der Waals surface area contributed by atoms with Crippen molar-refractivity contribution in [1.29, 1.82) is 0 Å². The van der Waals surface area contributed by atoms with Crippen LogP contribution in [0.2, 0.25) is 0 Å². The van der Waals surface area contributed by atoms with Crippen molar-refractivity contribution in [3.05, 3.63) is 82.9 Å². The highest BCUT2D eigenvalue weighted by molar-refractivity contribution is 5.71. The zero-order valence-electron chi connectivity index (χ0n) is 13.2. The smallest absolute Gasteiger partial charge is 0.132 e. The zero-order chi connectivity index (χ0) is 18.1. The van der Waals surface area contributed by atoms with E-state index < -0.39 is 35.5 Å². The molecule has 0 nitrogen and oxygen atoms in total. The van der Waals surface area contributed by atoms with Crippen LogP contribution in [0.4, 0.5) is 22.0 Å². The Labute approximate surface area is 141 Å². The summed E-state index contributed by atoms with van der Waals surface area (Å²) in [5.41, 5.74) is 0.459. The van der Waals surface area contributed by atoms with Gasteiger partial charge in [0, 0.05) is 11.1 Å². The molecule has 0 bridgehead atoms. The molecular formula is C20H13F5. The van der Waals surface area contributed by atoms with Crippen molar-refractivity contribution in [2.24, 2.45) is 0 Å². The van der Waals surface area contributed by atoms with E-state index in [9.17, 15) is 22.0 Å². The third kappa shape index (κ3) is 3.27. The second-order valence-electron chi connectivity index (χ2n) is 5.73. The molecule has 128 valence electrons. The highest BCUT2D eigenvalue weighted by atomic mass is 19.2. The molecule has 3 aromatic carbocycles. The molecule has 0 aliphatic heterocycles. The van der Waals surface area contributed by atoms with Gasteiger partial charge in [0.15, 0.2) is 0 Å². The number of hydrogen-bond donors (Lipinski definition) is 0. The van der Waals surface area contributed by atoms with Crippen molar-refractivity contribution >= 4 is 0 Å². The fraction of sp³-hybridized carbons (Fsp3) is 0.100. The van der Waals surface area contributed by atoms with Crippen molar-refractivity contribution < 1.29 is 22.0 Å². The molecule has 25 heavy (non-hydrogen) atoms. The topological polar surface area (TPSA) is 0 Å². The molecular weight excluding hydrogens is 335 g/mol. The molecule has 0 spiro atoms. The number of benzene rings is 3. The first-order valence-electron chi connectivity index (χ1n) is 7.51. The minimum atomic E-state index is -1.29. The third-order valence-electron chi connectivity index (χ3n) is 3.99. The maximum atomic E-state index is 14.4. The maximum absolute atomic E-state index is 14.4. The van der Waals surface area contributed by atoms with E-state index in [1.54, 1.807) is 13.0 Å². The Balaban J connectivity index is 2.06.